The number of aliphatic hydroxyl groups is 1. The van der Waals surface area contributed by atoms with Gasteiger partial charge in [0.05, 0.1) is 6.10 Å². The molecule has 0 fully saturated rings. The summed E-state index contributed by atoms with van der Waals surface area (Å²) in [6.45, 7) is 5.06. The van der Waals surface area contributed by atoms with Gasteiger partial charge in [0.1, 0.15) is 5.78 Å². The summed E-state index contributed by atoms with van der Waals surface area (Å²) in [7, 11) is 0. The van der Waals surface area contributed by atoms with Gasteiger partial charge in [0.25, 0.3) is 0 Å². The van der Waals surface area contributed by atoms with Gasteiger partial charge in [0.2, 0.25) is 0 Å². The average Bonchev–Trinajstić information content (AvgIpc) is 1.64. The second kappa shape index (κ2) is 3.62. The molecule has 0 amide bonds. The SMILES string of the molecule is CC[C@H](C(C)=O)[C@@H](C)O. The summed E-state index contributed by atoms with van der Waals surface area (Å²) in [5.41, 5.74) is 0. The molecule has 2 atom stereocenters. The normalized spacial score (nSPS) is 16.9. The van der Waals surface area contributed by atoms with E-state index in [4.69, 9.17) is 5.11 Å². The molecule has 0 aliphatic carbocycles. The van der Waals surface area contributed by atoms with Crippen LogP contribution in [-0.2, 0) is 4.79 Å². The fourth-order valence-corrected chi connectivity index (χ4v) is 0.968. The van der Waals surface area contributed by atoms with Crippen molar-refractivity contribution in [3.05, 3.63) is 0 Å². The lowest BCUT2D eigenvalue weighted by Crippen LogP contribution is -2.22. The Balaban J connectivity index is 3.83. The maximum atomic E-state index is 10.7. The van der Waals surface area contributed by atoms with E-state index in [1.54, 1.807) is 6.92 Å². The van der Waals surface area contributed by atoms with Crippen LogP contribution in [0.1, 0.15) is 27.2 Å². The van der Waals surface area contributed by atoms with Crippen LogP contribution in [0.15, 0.2) is 0 Å². The van der Waals surface area contributed by atoms with E-state index in [0.717, 1.165) is 6.42 Å². The highest BCUT2D eigenvalue weighted by molar-refractivity contribution is 5.78. The molecule has 0 aromatic carbocycles. The van der Waals surface area contributed by atoms with Crippen molar-refractivity contribution in [3.8, 4) is 0 Å². The van der Waals surface area contributed by atoms with Gasteiger partial charge in [-0.05, 0) is 20.3 Å². The molecule has 9 heavy (non-hydrogen) atoms. The van der Waals surface area contributed by atoms with Crippen molar-refractivity contribution in [1.29, 1.82) is 0 Å². The summed E-state index contributed by atoms with van der Waals surface area (Å²) in [4.78, 5) is 10.7. The summed E-state index contributed by atoms with van der Waals surface area (Å²) in [6, 6.07) is 0. The van der Waals surface area contributed by atoms with Crippen molar-refractivity contribution >= 4 is 5.78 Å². The Morgan fingerprint density at radius 1 is 1.67 bits per heavy atom. The van der Waals surface area contributed by atoms with Crippen LogP contribution < -0.4 is 0 Å². The third kappa shape index (κ3) is 2.61. The zero-order chi connectivity index (χ0) is 7.44. The standard InChI is InChI=1S/C7H14O2/c1-4-7(5(2)8)6(3)9/h5,7-8H,4H2,1-3H3/t5-,7+/m1/s1. The van der Waals surface area contributed by atoms with Crippen LogP contribution in [0.4, 0.5) is 0 Å². The number of aliphatic hydroxyl groups excluding tert-OH is 1. The minimum absolute atomic E-state index is 0.0764. The number of ketones is 1. The molecule has 0 bridgehead atoms. The van der Waals surface area contributed by atoms with E-state index < -0.39 is 6.10 Å². The zero-order valence-electron chi connectivity index (χ0n) is 6.22. The van der Waals surface area contributed by atoms with Crippen LogP contribution in [0.3, 0.4) is 0 Å². The van der Waals surface area contributed by atoms with Gasteiger partial charge in [-0.15, -0.1) is 0 Å². The van der Waals surface area contributed by atoms with Crippen LogP contribution >= 0.6 is 0 Å². The molecule has 0 rings (SSSR count). The molecule has 0 unspecified atom stereocenters. The fourth-order valence-electron chi connectivity index (χ4n) is 0.968. The smallest absolute Gasteiger partial charge is 0.135 e. The van der Waals surface area contributed by atoms with E-state index in [9.17, 15) is 4.79 Å². The second-order valence-corrected chi connectivity index (χ2v) is 2.37. The Hall–Kier alpha value is -0.370. The van der Waals surface area contributed by atoms with E-state index in [2.05, 4.69) is 0 Å². The van der Waals surface area contributed by atoms with Crippen molar-refractivity contribution < 1.29 is 9.90 Å². The maximum absolute atomic E-state index is 10.7. The predicted octanol–water partition coefficient (Wildman–Crippen LogP) is 0.982. The van der Waals surface area contributed by atoms with E-state index in [0.29, 0.717) is 0 Å². The number of carbonyl (C=O) groups is 1. The number of rotatable bonds is 3. The Bertz CT molecular complexity index is 97.1. The molecule has 0 radical (unpaired) electrons. The zero-order valence-corrected chi connectivity index (χ0v) is 6.22. The van der Waals surface area contributed by atoms with Crippen molar-refractivity contribution in [2.24, 2.45) is 5.92 Å². The van der Waals surface area contributed by atoms with Gasteiger partial charge in [-0.2, -0.15) is 0 Å². The Morgan fingerprint density at radius 3 is 2.11 bits per heavy atom. The topological polar surface area (TPSA) is 37.3 Å². The molecular weight excluding hydrogens is 116 g/mol. The lowest BCUT2D eigenvalue weighted by Gasteiger charge is -2.13. The summed E-state index contributed by atoms with van der Waals surface area (Å²) in [6.07, 6.45) is 0.236. The molecule has 2 heteroatoms. The number of hydrogen-bond donors (Lipinski definition) is 1. The van der Waals surface area contributed by atoms with Gasteiger partial charge in [-0.1, -0.05) is 6.92 Å². The third-order valence-electron chi connectivity index (χ3n) is 1.54. The van der Waals surface area contributed by atoms with Crippen LogP contribution in [0.25, 0.3) is 0 Å². The molecule has 0 aromatic rings. The van der Waals surface area contributed by atoms with Crippen molar-refractivity contribution in [3.63, 3.8) is 0 Å². The van der Waals surface area contributed by atoms with Crippen molar-refractivity contribution in [2.45, 2.75) is 33.3 Å². The van der Waals surface area contributed by atoms with Gasteiger partial charge in [-0.25, -0.2) is 0 Å². The fraction of sp³-hybridized carbons (Fsp3) is 0.857. The van der Waals surface area contributed by atoms with Gasteiger partial charge < -0.3 is 5.11 Å². The first kappa shape index (κ1) is 8.63. The van der Waals surface area contributed by atoms with Crippen LogP contribution in [0.2, 0.25) is 0 Å². The van der Waals surface area contributed by atoms with Crippen molar-refractivity contribution in [2.75, 3.05) is 0 Å². The Morgan fingerprint density at radius 2 is 2.11 bits per heavy atom. The molecule has 0 aromatic heterocycles. The maximum Gasteiger partial charge on any atom is 0.135 e. The first-order chi connectivity index (χ1) is 4.09. The molecule has 54 valence electrons. The second-order valence-electron chi connectivity index (χ2n) is 2.37. The highest BCUT2D eigenvalue weighted by atomic mass is 16.3. The van der Waals surface area contributed by atoms with Gasteiger partial charge >= 0.3 is 0 Å². The van der Waals surface area contributed by atoms with Gasteiger partial charge in [-0.3, -0.25) is 4.79 Å². The van der Waals surface area contributed by atoms with E-state index in [-0.39, 0.29) is 11.7 Å². The molecule has 2 nitrogen and oxygen atoms in total. The largest absolute Gasteiger partial charge is 0.393 e. The molecule has 0 saturated carbocycles. The lowest BCUT2D eigenvalue weighted by atomic mass is 9.97. The highest BCUT2D eigenvalue weighted by Crippen LogP contribution is 2.08. The quantitative estimate of drug-likeness (QED) is 0.618. The molecule has 1 N–H and O–H groups in total. The molecular formula is C7H14O2. The highest BCUT2D eigenvalue weighted by Gasteiger charge is 2.16. The average molecular weight is 130 g/mol. The minimum Gasteiger partial charge on any atom is -0.393 e. The van der Waals surface area contributed by atoms with Crippen LogP contribution in [0, 0.1) is 5.92 Å². The molecule has 0 aliphatic heterocycles. The van der Waals surface area contributed by atoms with Gasteiger partial charge in [0, 0.05) is 5.92 Å². The summed E-state index contributed by atoms with van der Waals surface area (Å²) < 4.78 is 0. The van der Waals surface area contributed by atoms with Crippen LogP contribution in [0.5, 0.6) is 0 Å². The molecule has 0 heterocycles. The Labute approximate surface area is 55.9 Å². The first-order valence-electron chi connectivity index (χ1n) is 3.28. The van der Waals surface area contributed by atoms with E-state index >= 15 is 0 Å². The third-order valence-corrected chi connectivity index (χ3v) is 1.54. The van der Waals surface area contributed by atoms with Gasteiger partial charge in [0.15, 0.2) is 0 Å². The van der Waals surface area contributed by atoms with E-state index in [1.165, 1.54) is 6.92 Å². The molecule has 0 saturated heterocycles. The minimum atomic E-state index is -0.493. The monoisotopic (exact) mass is 130 g/mol. The Kier molecular flexibility index (Phi) is 3.47. The molecule has 0 spiro atoms. The number of hydrogen-bond acceptors (Lipinski definition) is 2. The van der Waals surface area contributed by atoms with E-state index in [1.807, 2.05) is 6.92 Å². The number of Topliss-reactive ketones (excluding diaryl/α,β-unsaturated/α-hetero) is 1. The van der Waals surface area contributed by atoms with Crippen LogP contribution in [-0.4, -0.2) is 17.0 Å². The molecule has 0 aliphatic rings. The predicted molar refractivity (Wildman–Crippen MR) is 36.1 cm³/mol. The number of carbonyl (C=O) groups excluding carboxylic acids is 1. The summed E-state index contributed by atoms with van der Waals surface area (Å²) >= 11 is 0. The summed E-state index contributed by atoms with van der Waals surface area (Å²) in [5.74, 6) is -0.0856. The lowest BCUT2D eigenvalue weighted by molar-refractivity contribution is -0.123. The van der Waals surface area contributed by atoms with Crippen molar-refractivity contribution in [1.82, 2.24) is 0 Å². The first-order valence-corrected chi connectivity index (χ1v) is 3.28. The summed E-state index contributed by atoms with van der Waals surface area (Å²) in [5, 5.41) is 8.96.